The lowest BCUT2D eigenvalue weighted by atomic mass is 10.1. The second-order valence-electron chi connectivity index (χ2n) is 4.62. The van der Waals surface area contributed by atoms with Gasteiger partial charge in [-0.15, -0.1) is 0 Å². The van der Waals surface area contributed by atoms with E-state index >= 15 is 0 Å². The molecule has 1 amide bonds. The minimum absolute atomic E-state index is 0.114. The molecule has 0 fully saturated rings. The number of aryl methyl sites for hydroxylation is 1. The first-order chi connectivity index (χ1) is 9.52. The molecule has 0 atom stereocenters. The van der Waals surface area contributed by atoms with Crippen LogP contribution in [-0.2, 0) is 0 Å². The van der Waals surface area contributed by atoms with Gasteiger partial charge in [0.1, 0.15) is 5.82 Å². The Bertz CT molecular complexity index is 623. The van der Waals surface area contributed by atoms with Crippen molar-refractivity contribution in [3.63, 3.8) is 0 Å². The Hall–Kier alpha value is -2.36. The summed E-state index contributed by atoms with van der Waals surface area (Å²) in [7, 11) is 3.52. The Morgan fingerprint density at radius 2 is 1.80 bits per heavy atom. The van der Waals surface area contributed by atoms with Gasteiger partial charge >= 0.3 is 0 Å². The molecule has 0 aliphatic carbocycles. The number of halogens is 1. The van der Waals surface area contributed by atoms with Gasteiger partial charge in [-0.05, 0) is 55.0 Å². The number of benzene rings is 2. The highest BCUT2D eigenvalue weighted by Crippen LogP contribution is 2.20. The number of carbonyl (C=O) groups excluding carboxylic acids is 1. The molecule has 0 aliphatic rings. The Morgan fingerprint density at radius 1 is 1.15 bits per heavy atom. The van der Waals surface area contributed by atoms with E-state index in [-0.39, 0.29) is 11.7 Å². The summed E-state index contributed by atoms with van der Waals surface area (Å²) in [6.07, 6.45) is 0. The van der Waals surface area contributed by atoms with Gasteiger partial charge in [0, 0.05) is 31.0 Å². The largest absolute Gasteiger partial charge is 0.388 e. The van der Waals surface area contributed by atoms with Gasteiger partial charge in [-0.3, -0.25) is 4.79 Å². The van der Waals surface area contributed by atoms with Crippen LogP contribution in [0.2, 0.25) is 0 Å². The molecule has 2 aromatic carbocycles. The SMILES string of the molecule is CNc1ccc(C(=O)N(C)c2ccc(F)cc2)c(C)c1. The number of nitrogens with zero attached hydrogens (tertiary/aromatic N) is 1. The van der Waals surface area contributed by atoms with Crippen LogP contribution in [0, 0.1) is 12.7 Å². The second kappa shape index (κ2) is 5.74. The number of anilines is 2. The van der Waals surface area contributed by atoms with Gasteiger partial charge in [-0.1, -0.05) is 0 Å². The summed E-state index contributed by atoms with van der Waals surface area (Å²) >= 11 is 0. The standard InChI is InChI=1S/C16H17FN2O/c1-11-10-13(18-2)6-9-15(11)16(20)19(3)14-7-4-12(17)5-8-14/h4-10,18H,1-3H3. The summed E-state index contributed by atoms with van der Waals surface area (Å²) in [5.74, 6) is -0.430. The predicted octanol–water partition coefficient (Wildman–Crippen LogP) is 3.45. The van der Waals surface area contributed by atoms with E-state index in [2.05, 4.69) is 5.32 Å². The molecule has 0 radical (unpaired) electrons. The van der Waals surface area contributed by atoms with E-state index in [1.807, 2.05) is 26.1 Å². The number of amides is 1. The fourth-order valence-electron chi connectivity index (χ4n) is 2.02. The molecule has 20 heavy (non-hydrogen) atoms. The maximum Gasteiger partial charge on any atom is 0.258 e. The van der Waals surface area contributed by atoms with Gasteiger partial charge in [-0.25, -0.2) is 4.39 Å². The quantitative estimate of drug-likeness (QED) is 0.928. The van der Waals surface area contributed by atoms with Gasteiger partial charge in [0.2, 0.25) is 0 Å². The topological polar surface area (TPSA) is 32.3 Å². The van der Waals surface area contributed by atoms with Crippen LogP contribution in [-0.4, -0.2) is 20.0 Å². The highest BCUT2D eigenvalue weighted by Gasteiger charge is 2.15. The molecule has 0 saturated heterocycles. The molecule has 0 aliphatic heterocycles. The molecule has 2 rings (SSSR count). The number of hydrogen-bond acceptors (Lipinski definition) is 2. The molecule has 4 heteroatoms. The Balaban J connectivity index is 2.28. The maximum atomic E-state index is 12.9. The summed E-state index contributed by atoms with van der Waals surface area (Å²) in [5.41, 5.74) is 3.16. The van der Waals surface area contributed by atoms with Gasteiger partial charge in [0.15, 0.2) is 0 Å². The minimum atomic E-state index is -0.316. The highest BCUT2D eigenvalue weighted by atomic mass is 19.1. The summed E-state index contributed by atoms with van der Waals surface area (Å²) in [4.78, 5) is 14.0. The van der Waals surface area contributed by atoms with Gasteiger partial charge in [0.05, 0.1) is 0 Å². The first-order valence-electron chi connectivity index (χ1n) is 6.35. The molecule has 0 saturated carbocycles. The summed E-state index contributed by atoms with van der Waals surface area (Å²) in [5, 5.41) is 3.03. The third kappa shape index (κ3) is 2.79. The van der Waals surface area contributed by atoms with E-state index in [1.165, 1.54) is 17.0 Å². The Labute approximate surface area is 118 Å². The molecule has 104 valence electrons. The van der Waals surface area contributed by atoms with Crippen molar-refractivity contribution < 1.29 is 9.18 Å². The van der Waals surface area contributed by atoms with Crippen molar-refractivity contribution in [3.8, 4) is 0 Å². The van der Waals surface area contributed by atoms with Crippen molar-refractivity contribution in [2.45, 2.75) is 6.92 Å². The number of hydrogen-bond donors (Lipinski definition) is 1. The molecule has 0 spiro atoms. The van der Waals surface area contributed by atoms with E-state index in [9.17, 15) is 9.18 Å². The van der Waals surface area contributed by atoms with Crippen LogP contribution in [0.5, 0.6) is 0 Å². The normalized spacial score (nSPS) is 10.2. The third-order valence-corrected chi connectivity index (χ3v) is 3.26. The van der Waals surface area contributed by atoms with Crippen LogP contribution in [0.1, 0.15) is 15.9 Å². The number of rotatable bonds is 3. The lowest BCUT2D eigenvalue weighted by molar-refractivity contribution is 0.0992. The van der Waals surface area contributed by atoms with Crippen LogP contribution in [0.3, 0.4) is 0 Å². The van der Waals surface area contributed by atoms with Crippen molar-refractivity contribution in [1.29, 1.82) is 0 Å². The number of nitrogens with one attached hydrogen (secondary N) is 1. The van der Waals surface area contributed by atoms with Crippen molar-refractivity contribution in [3.05, 3.63) is 59.4 Å². The zero-order chi connectivity index (χ0) is 14.7. The maximum absolute atomic E-state index is 12.9. The molecule has 0 unspecified atom stereocenters. The Kier molecular flexibility index (Phi) is 4.03. The molecule has 0 aromatic heterocycles. The van der Waals surface area contributed by atoms with E-state index < -0.39 is 0 Å². The van der Waals surface area contributed by atoms with Crippen LogP contribution >= 0.6 is 0 Å². The van der Waals surface area contributed by atoms with Crippen molar-refractivity contribution in [2.75, 3.05) is 24.3 Å². The molecule has 1 N–H and O–H groups in total. The van der Waals surface area contributed by atoms with Crippen LogP contribution < -0.4 is 10.2 Å². The predicted molar refractivity (Wildman–Crippen MR) is 79.9 cm³/mol. The first kappa shape index (κ1) is 14.1. The lowest BCUT2D eigenvalue weighted by Gasteiger charge is -2.19. The van der Waals surface area contributed by atoms with E-state index in [1.54, 1.807) is 25.2 Å². The summed E-state index contributed by atoms with van der Waals surface area (Å²) < 4.78 is 12.9. The minimum Gasteiger partial charge on any atom is -0.388 e. The third-order valence-electron chi connectivity index (χ3n) is 3.26. The Morgan fingerprint density at radius 3 is 2.35 bits per heavy atom. The fourth-order valence-corrected chi connectivity index (χ4v) is 2.02. The van der Waals surface area contributed by atoms with Gasteiger partial charge in [0.25, 0.3) is 5.91 Å². The van der Waals surface area contributed by atoms with Crippen molar-refractivity contribution >= 4 is 17.3 Å². The van der Waals surface area contributed by atoms with Gasteiger partial charge < -0.3 is 10.2 Å². The highest BCUT2D eigenvalue weighted by molar-refractivity contribution is 6.06. The van der Waals surface area contributed by atoms with Crippen LogP contribution in [0.25, 0.3) is 0 Å². The molecular formula is C16H17FN2O. The van der Waals surface area contributed by atoms with Crippen LogP contribution in [0.4, 0.5) is 15.8 Å². The van der Waals surface area contributed by atoms with Crippen molar-refractivity contribution in [2.24, 2.45) is 0 Å². The smallest absolute Gasteiger partial charge is 0.258 e. The molecule has 0 bridgehead atoms. The molecular weight excluding hydrogens is 255 g/mol. The van der Waals surface area contributed by atoms with E-state index in [0.717, 1.165) is 11.3 Å². The summed E-state index contributed by atoms with van der Waals surface area (Å²) in [6, 6.07) is 11.4. The molecule has 0 heterocycles. The average molecular weight is 272 g/mol. The average Bonchev–Trinajstić information content (AvgIpc) is 2.46. The zero-order valence-electron chi connectivity index (χ0n) is 11.8. The monoisotopic (exact) mass is 272 g/mol. The first-order valence-corrected chi connectivity index (χ1v) is 6.35. The molecule has 3 nitrogen and oxygen atoms in total. The van der Waals surface area contributed by atoms with Crippen LogP contribution in [0.15, 0.2) is 42.5 Å². The fraction of sp³-hybridized carbons (Fsp3) is 0.188. The lowest BCUT2D eigenvalue weighted by Crippen LogP contribution is -2.26. The zero-order valence-corrected chi connectivity index (χ0v) is 11.8. The van der Waals surface area contributed by atoms with E-state index in [4.69, 9.17) is 0 Å². The van der Waals surface area contributed by atoms with Crippen molar-refractivity contribution in [1.82, 2.24) is 0 Å². The number of carbonyl (C=O) groups is 1. The summed E-state index contributed by atoms with van der Waals surface area (Å²) in [6.45, 7) is 1.90. The van der Waals surface area contributed by atoms with Gasteiger partial charge in [-0.2, -0.15) is 0 Å². The molecule has 2 aromatic rings. The second-order valence-corrected chi connectivity index (χ2v) is 4.62. The van der Waals surface area contributed by atoms with E-state index in [0.29, 0.717) is 11.3 Å².